The number of nitrogen functional groups attached to an aromatic ring is 1. The van der Waals surface area contributed by atoms with Gasteiger partial charge in [-0.05, 0) is 19.3 Å². The van der Waals surface area contributed by atoms with E-state index in [0.717, 1.165) is 24.9 Å². The van der Waals surface area contributed by atoms with Crippen molar-refractivity contribution < 1.29 is 0 Å². The molecular formula is C12H21N5. The molecule has 2 N–H and O–H groups in total. The van der Waals surface area contributed by atoms with E-state index in [-0.39, 0.29) is 5.41 Å². The van der Waals surface area contributed by atoms with Gasteiger partial charge in [0.15, 0.2) is 0 Å². The second-order valence-electron chi connectivity index (χ2n) is 5.61. The van der Waals surface area contributed by atoms with Crippen molar-refractivity contribution in [2.45, 2.75) is 45.4 Å². The Hall–Kier alpha value is -1.39. The minimum atomic E-state index is -0.0956. The molecule has 0 atom stereocenters. The van der Waals surface area contributed by atoms with Gasteiger partial charge in [0.05, 0.1) is 0 Å². The molecule has 1 aromatic heterocycles. The predicted octanol–water partition coefficient (Wildman–Crippen LogP) is 1.74. The van der Waals surface area contributed by atoms with E-state index in [4.69, 9.17) is 5.73 Å². The zero-order chi connectivity index (χ0) is 12.5. The number of nitrogens with zero attached hydrogens (tertiary/aromatic N) is 4. The third-order valence-corrected chi connectivity index (χ3v) is 2.95. The molecule has 0 unspecified atom stereocenters. The van der Waals surface area contributed by atoms with E-state index in [1.807, 2.05) is 0 Å². The lowest BCUT2D eigenvalue weighted by molar-refractivity contribution is 0.530. The number of hydrogen-bond acceptors (Lipinski definition) is 5. The summed E-state index contributed by atoms with van der Waals surface area (Å²) in [5.74, 6) is 1.83. The SMILES string of the molecule is CC(C)(C)c1nc(N)nc(N2CCCCC2)n1. The highest BCUT2D eigenvalue weighted by molar-refractivity contribution is 5.36. The van der Waals surface area contributed by atoms with Crippen LogP contribution in [0.3, 0.4) is 0 Å². The fourth-order valence-corrected chi connectivity index (χ4v) is 1.95. The molecule has 1 aromatic rings. The maximum atomic E-state index is 5.77. The smallest absolute Gasteiger partial charge is 0.230 e. The molecule has 17 heavy (non-hydrogen) atoms. The summed E-state index contributed by atoms with van der Waals surface area (Å²) in [6.45, 7) is 8.30. The summed E-state index contributed by atoms with van der Waals surface area (Å²) in [5.41, 5.74) is 5.68. The van der Waals surface area contributed by atoms with Crippen LogP contribution in [0.25, 0.3) is 0 Å². The molecule has 0 aromatic carbocycles. The highest BCUT2D eigenvalue weighted by atomic mass is 15.3. The minimum absolute atomic E-state index is 0.0956. The van der Waals surface area contributed by atoms with Crippen molar-refractivity contribution in [3.63, 3.8) is 0 Å². The molecule has 2 heterocycles. The molecule has 0 bridgehead atoms. The molecule has 0 radical (unpaired) electrons. The molecule has 0 aliphatic carbocycles. The lowest BCUT2D eigenvalue weighted by Crippen LogP contribution is -2.32. The first kappa shape index (κ1) is 12.1. The Morgan fingerprint density at radius 3 is 2.24 bits per heavy atom. The maximum absolute atomic E-state index is 5.77. The van der Waals surface area contributed by atoms with Gasteiger partial charge in [0.25, 0.3) is 0 Å². The second-order valence-corrected chi connectivity index (χ2v) is 5.61. The van der Waals surface area contributed by atoms with E-state index in [1.165, 1.54) is 19.3 Å². The number of rotatable bonds is 1. The van der Waals surface area contributed by atoms with Crippen LogP contribution < -0.4 is 10.6 Å². The van der Waals surface area contributed by atoms with E-state index in [1.54, 1.807) is 0 Å². The van der Waals surface area contributed by atoms with Crippen molar-refractivity contribution in [2.75, 3.05) is 23.7 Å². The van der Waals surface area contributed by atoms with Crippen LogP contribution in [0.1, 0.15) is 45.9 Å². The Balaban J connectivity index is 2.31. The highest BCUT2D eigenvalue weighted by Gasteiger charge is 2.21. The zero-order valence-corrected chi connectivity index (χ0v) is 10.9. The van der Waals surface area contributed by atoms with E-state index >= 15 is 0 Å². The zero-order valence-electron chi connectivity index (χ0n) is 10.9. The van der Waals surface area contributed by atoms with Crippen LogP contribution in [0, 0.1) is 0 Å². The number of nitrogens with two attached hydrogens (primary N) is 1. The average molecular weight is 235 g/mol. The van der Waals surface area contributed by atoms with Gasteiger partial charge in [-0.2, -0.15) is 15.0 Å². The van der Waals surface area contributed by atoms with Crippen LogP contribution in [0.2, 0.25) is 0 Å². The van der Waals surface area contributed by atoms with Crippen LogP contribution in [-0.2, 0) is 5.41 Å². The Bertz CT molecular complexity index is 390. The predicted molar refractivity (Wildman–Crippen MR) is 69.0 cm³/mol. The lowest BCUT2D eigenvalue weighted by atomic mass is 9.96. The van der Waals surface area contributed by atoms with Crippen molar-refractivity contribution in [1.29, 1.82) is 0 Å². The van der Waals surface area contributed by atoms with Crippen LogP contribution in [0.15, 0.2) is 0 Å². The Labute approximate surface area is 102 Å². The Morgan fingerprint density at radius 1 is 1.00 bits per heavy atom. The van der Waals surface area contributed by atoms with Crippen LogP contribution in [0.5, 0.6) is 0 Å². The van der Waals surface area contributed by atoms with Gasteiger partial charge in [-0.1, -0.05) is 20.8 Å². The summed E-state index contributed by atoms with van der Waals surface area (Å²) in [4.78, 5) is 15.2. The second kappa shape index (κ2) is 4.47. The fourth-order valence-electron chi connectivity index (χ4n) is 1.95. The largest absolute Gasteiger partial charge is 0.368 e. The quantitative estimate of drug-likeness (QED) is 0.803. The fraction of sp³-hybridized carbons (Fsp3) is 0.750. The summed E-state index contributed by atoms with van der Waals surface area (Å²) in [5, 5.41) is 0. The van der Waals surface area contributed by atoms with Gasteiger partial charge in [-0.15, -0.1) is 0 Å². The van der Waals surface area contributed by atoms with E-state index in [0.29, 0.717) is 5.95 Å². The molecule has 1 aliphatic heterocycles. The Kier molecular flexibility index (Phi) is 3.17. The van der Waals surface area contributed by atoms with Crippen molar-refractivity contribution in [3.05, 3.63) is 5.82 Å². The van der Waals surface area contributed by atoms with Crippen molar-refractivity contribution in [3.8, 4) is 0 Å². The first-order valence-corrected chi connectivity index (χ1v) is 6.24. The van der Waals surface area contributed by atoms with Gasteiger partial charge < -0.3 is 10.6 Å². The summed E-state index contributed by atoms with van der Waals surface area (Å²) >= 11 is 0. The van der Waals surface area contributed by atoms with Gasteiger partial charge in [0, 0.05) is 18.5 Å². The monoisotopic (exact) mass is 235 g/mol. The van der Waals surface area contributed by atoms with Crippen LogP contribution >= 0.6 is 0 Å². The Morgan fingerprint density at radius 2 is 1.65 bits per heavy atom. The first-order chi connectivity index (χ1) is 7.97. The molecule has 5 nitrogen and oxygen atoms in total. The molecule has 0 saturated carbocycles. The molecule has 2 rings (SSSR count). The van der Waals surface area contributed by atoms with Gasteiger partial charge in [0.1, 0.15) is 5.82 Å². The van der Waals surface area contributed by atoms with Crippen LogP contribution in [-0.4, -0.2) is 28.0 Å². The number of anilines is 2. The minimum Gasteiger partial charge on any atom is -0.368 e. The van der Waals surface area contributed by atoms with Gasteiger partial charge in [0.2, 0.25) is 11.9 Å². The van der Waals surface area contributed by atoms with Crippen LogP contribution in [0.4, 0.5) is 11.9 Å². The van der Waals surface area contributed by atoms with Crippen molar-refractivity contribution >= 4 is 11.9 Å². The molecule has 0 spiro atoms. The van der Waals surface area contributed by atoms with Gasteiger partial charge in [-0.3, -0.25) is 0 Å². The standard InChI is InChI=1S/C12H21N5/c1-12(2,3)9-14-10(13)16-11(15-9)17-7-5-4-6-8-17/h4-8H2,1-3H3,(H2,13,14,15,16). The number of hydrogen-bond donors (Lipinski definition) is 1. The van der Waals surface area contributed by atoms with E-state index in [9.17, 15) is 0 Å². The van der Waals surface area contributed by atoms with Crippen molar-refractivity contribution in [2.24, 2.45) is 0 Å². The average Bonchev–Trinajstić information content (AvgIpc) is 2.28. The van der Waals surface area contributed by atoms with E-state index in [2.05, 4.69) is 40.6 Å². The normalized spacial score (nSPS) is 17.2. The summed E-state index contributed by atoms with van der Waals surface area (Å²) in [6.07, 6.45) is 3.70. The molecule has 1 fully saturated rings. The summed E-state index contributed by atoms with van der Waals surface area (Å²) < 4.78 is 0. The van der Waals surface area contributed by atoms with E-state index < -0.39 is 0 Å². The molecule has 5 heteroatoms. The molecule has 0 amide bonds. The summed E-state index contributed by atoms with van der Waals surface area (Å²) in [7, 11) is 0. The summed E-state index contributed by atoms with van der Waals surface area (Å²) in [6, 6.07) is 0. The topological polar surface area (TPSA) is 67.9 Å². The highest BCUT2D eigenvalue weighted by Crippen LogP contribution is 2.22. The molecule has 1 saturated heterocycles. The van der Waals surface area contributed by atoms with Gasteiger partial charge in [-0.25, -0.2) is 0 Å². The maximum Gasteiger partial charge on any atom is 0.230 e. The molecular weight excluding hydrogens is 214 g/mol. The first-order valence-electron chi connectivity index (χ1n) is 6.24. The third-order valence-electron chi connectivity index (χ3n) is 2.95. The molecule has 1 aliphatic rings. The number of aromatic nitrogens is 3. The van der Waals surface area contributed by atoms with Gasteiger partial charge >= 0.3 is 0 Å². The lowest BCUT2D eigenvalue weighted by Gasteiger charge is -2.27. The molecule has 94 valence electrons. The third kappa shape index (κ3) is 2.84. The number of piperidine rings is 1. The van der Waals surface area contributed by atoms with Crippen molar-refractivity contribution in [1.82, 2.24) is 15.0 Å².